The molecule has 0 fully saturated rings. The second kappa shape index (κ2) is 5.49. The first-order valence-electron chi connectivity index (χ1n) is 6.15. The second-order valence-electron chi connectivity index (χ2n) is 4.34. The van der Waals surface area contributed by atoms with E-state index in [-0.39, 0.29) is 5.56 Å². The van der Waals surface area contributed by atoms with Crippen LogP contribution >= 0.6 is 15.9 Å². The van der Waals surface area contributed by atoms with E-state index in [9.17, 15) is 9.90 Å². The Balaban J connectivity index is 2.14. The average molecular weight is 344 g/mol. The Kier molecular flexibility index (Phi) is 3.53. The Morgan fingerprint density at radius 3 is 2.52 bits per heavy atom. The highest BCUT2D eigenvalue weighted by atomic mass is 79.9. The minimum absolute atomic E-state index is 0.142. The number of halogens is 1. The summed E-state index contributed by atoms with van der Waals surface area (Å²) >= 11 is 3.36. The third-order valence-corrected chi connectivity index (χ3v) is 3.47. The van der Waals surface area contributed by atoms with Gasteiger partial charge in [0.25, 0.3) is 0 Å². The molecule has 2 aromatic heterocycles. The number of carboxylic acids is 1. The molecule has 0 radical (unpaired) electrons. The van der Waals surface area contributed by atoms with Crippen molar-refractivity contribution < 1.29 is 9.90 Å². The standard InChI is InChI=1S/C15H10BrN3O2/c16-11-6-4-10(5-7-11)14-12(15(20)21)9-19(18-14)13-3-1-2-8-17-13/h1-9H,(H,20,21). The number of hydrogen-bond acceptors (Lipinski definition) is 3. The molecule has 1 aromatic carbocycles. The van der Waals surface area contributed by atoms with E-state index in [4.69, 9.17) is 0 Å². The molecule has 0 spiro atoms. The molecule has 0 aliphatic carbocycles. The number of hydrogen-bond donors (Lipinski definition) is 1. The predicted molar refractivity (Wildman–Crippen MR) is 81.5 cm³/mol. The summed E-state index contributed by atoms with van der Waals surface area (Å²) in [5, 5.41) is 13.7. The normalized spacial score (nSPS) is 10.5. The number of pyridine rings is 1. The molecule has 2 heterocycles. The van der Waals surface area contributed by atoms with E-state index in [1.165, 1.54) is 10.9 Å². The number of carboxylic acid groups (broad SMARTS) is 1. The highest BCUT2D eigenvalue weighted by molar-refractivity contribution is 9.10. The van der Waals surface area contributed by atoms with Gasteiger partial charge in [-0.2, -0.15) is 5.10 Å². The van der Waals surface area contributed by atoms with Crippen LogP contribution in [0, 0.1) is 0 Å². The zero-order chi connectivity index (χ0) is 14.8. The zero-order valence-corrected chi connectivity index (χ0v) is 12.4. The Hall–Kier alpha value is -2.47. The van der Waals surface area contributed by atoms with Crippen LogP contribution in [0.25, 0.3) is 17.1 Å². The molecular weight excluding hydrogens is 334 g/mol. The first-order valence-corrected chi connectivity index (χ1v) is 6.95. The molecule has 21 heavy (non-hydrogen) atoms. The minimum Gasteiger partial charge on any atom is -0.478 e. The summed E-state index contributed by atoms with van der Waals surface area (Å²) in [6.07, 6.45) is 3.11. The van der Waals surface area contributed by atoms with Gasteiger partial charge in [-0.05, 0) is 24.3 Å². The van der Waals surface area contributed by atoms with Crippen LogP contribution in [0.15, 0.2) is 59.3 Å². The Morgan fingerprint density at radius 1 is 1.14 bits per heavy atom. The van der Waals surface area contributed by atoms with Gasteiger partial charge in [0, 0.05) is 22.4 Å². The van der Waals surface area contributed by atoms with Gasteiger partial charge in [0.15, 0.2) is 5.82 Å². The van der Waals surface area contributed by atoms with Crippen molar-refractivity contribution in [3.63, 3.8) is 0 Å². The fourth-order valence-corrected chi connectivity index (χ4v) is 2.22. The molecule has 1 N–H and O–H groups in total. The highest BCUT2D eigenvalue weighted by Gasteiger charge is 2.18. The molecule has 0 unspecified atom stereocenters. The molecular formula is C15H10BrN3O2. The minimum atomic E-state index is -1.02. The van der Waals surface area contributed by atoms with Crippen molar-refractivity contribution in [2.24, 2.45) is 0 Å². The summed E-state index contributed by atoms with van der Waals surface area (Å²) in [6, 6.07) is 12.7. The van der Waals surface area contributed by atoms with Crippen LogP contribution in [0.1, 0.15) is 10.4 Å². The summed E-state index contributed by atoms with van der Waals surface area (Å²) in [6.45, 7) is 0. The number of nitrogens with zero attached hydrogens (tertiary/aromatic N) is 3. The van der Waals surface area contributed by atoms with E-state index in [0.29, 0.717) is 11.5 Å². The Bertz CT molecular complexity index is 782. The van der Waals surface area contributed by atoms with Crippen molar-refractivity contribution in [3.8, 4) is 17.1 Å². The van der Waals surface area contributed by atoms with Crippen molar-refractivity contribution in [1.29, 1.82) is 0 Å². The zero-order valence-electron chi connectivity index (χ0n) is 10.8. The molecule has 0 saturated carbocycles. The number of aromatic nitrogens is 3. The SMILES string of the molecule is O=C(O)c1cn(-c2ccccn2)nc1-c1ccc(Br)cc1. The topological polar surface area (TPSA) is 68.0 Å². The lowest BCUT2D eigenvalue weighted by Crippen LogP contribution is -1.97. The van der Waals surface area contributed by atoms with Crippen molar-refractivity contribution >= 4 is 21.9 Å². The number of benzene rings is 1. The van der Waals surface area contributed by atoms with Crippen LogP contribution in [0.4, 0.5) is 0 Å². The second-order valence-corrected chi connectivity index (χ2v) is 5.25. The quantitative estimate of drug-likeness (QED) is 0.791. The van der Waals surface area contributed by atoms with Crippen molar-refractivity contribution in [3.05, 3.63) is 64.9 Å². The van der Waals surface area contributed by atoms with Gasteiger partial charge in [-0.25, -0.2) is 14.5 Å². The lowest BCUT2D eigenvalue weighted by Gasteiger charge is -2.00. The van der Waals surface area contributed by atoms with Gasteiger partial charge >= 0.3 is 5.97 Å². The van der Waals surface area contributed by atoms with Gasteiger partial charge in [0.1, 0.15) is 11.3 Å². The third-order valence-electron chi connectivity index (χ3n) is 2.95. The van der Waals surface area contributed by atoms with Crippen molar-refractivity contribution in [2.45, 2.75) is 0 Å². The molecule has 104 valence electrons. The molecule has 0 saturated heterocycles. The number of rotatable bonds is 3. The maximum Gasteiger partial charge on any atom is 0.339 e. The molecule has 0 amide bonds. The van der Waals surface area contributed by atoms with Gasteiger partial charge in [-0.1, -0.05) is 34.1 Å². The van der Waals surface area contributed by atoms with Crippen LogP contribution in [0.2, 0.25) is 0 Å². The van der Waals surface area contributed by atoms with E-state index >= 15 is 0 Å². The van der Waals surface area contributed by atoms with Crippen LogP contribution in [0.3, 0.4) is 0 Å². The molecule has 6 heteroatoms. The predicted octanol–water partition coefficient (Wildman–Crippen LogP) is 3.40. The van der Waals surface area contributed by atoms with Gasteiger partial charge in [-0.15, -0.1) is 0 Å². The molecule has 0 atom stereocenters. The summed E-state index contributed by atoms with van der Waals surface area (Å²) in [4.78, 5) is 15.6. The molecule has 3 aromatic rings. The number of carbonyl (C=O) groups is 1. The molecule has 0 aliphatic heterocycles. The smallest absolute Gasteiger partial charge is 0.339 e. The maximum atomic E-state index is 11.4. The van der Waals surface area contributed by atoms with E-state index in [1.54, 1.807) is 18.3 Å². The average Bonchev–Trinajstić information content (AvgIpc) is 2.94. The monoisotopic (exact) mass is 343 g/mol. The van der Waals surface area contributed by atoms with Crippen molar-refractivity contribution in [1.82, 2.24) is 14.8 Å². The first-order chi connectivity index (χ1) is 10.1. The van der Waals surface area contributed by atoms with Gasteiger partial charge < -0.3 is 5.11 Å². The molecule has 3 rings (SSSR count). The summed E-state index contributed by atoms with van der Waals surface area (Å²) in [5.74, 6) is -0.446. The maximum absolute atomic E-state index is 11.4. The van der Waals surface area contributed by atoms with Gasteiger partial charge in [0.05, 0.1) is 0 Å². The summed E-state index contributed by atoms with van der Waals surface area (Å²) in [5.41, 5.74) is 1.30. The Morgan fingerprint density at radius 2 is 1.90 bits per heavy atom. The third kappa shape index (κ3) is 2.71. The largest absolute Gasteiger partial charge is 0.478 e. The molecule has 5 nitrogen and oxygen atoms in total. The van der Waals surface area contributed by atoms with Crippen LogP contribution in [0.5, 0.6) is 0 Å². The fourth-order valence-electron chi connectivity index (χ4n) is 1.96. The van der Waals surface area contributed by atoms with Crippen LogP contribution in [-0.2, 0) is 0 Å². The van der Waals surface area contributed by atoms with Crippen LogP contribution in [-0.4, -0.2) is 25.8 Å². The molecule has 0 aliphatic rings. The summed E-state index contributed by atoms with van der Waals surface area (Å²) in [7, 11) is 0. The van der Waals surface area contributed by atoms with Crippen molar-refractivity contribution in [2.75, 3.05) is 0 Å². The van der Waals surface area contributed by atoms with Gasteiger partial charge in [0.2, 0.25) is 0 Å². The van der Waals surface area contributed by atoms with E-state index in [0.717, 1.165) is 10.0 Å². The molecule has 0 bridgehead atoms. The van der Waals surface area contributed by atoms with Gasteiger partial charge in [-0.3, -0.25) is 0 Å². The lowest BCUT2D eigenvalue weighted by molar-refractivity contribution is 0.0697. The highest BCUT2D eigenvalue weighted by Crippen LogP contribution is 2.25. The summed E-state index contributed by atoms with van der Waals surface area (Å²) < 4.78 is 2.40. The fraction of sp³-hybridized carbons (Fsp3) is 0. The van der Waals surface area contributed by atoms with E-state index in [2.05, 4.69) is 26.0 Å². The number of aromatic carboxylic acids is 1. The van der Waals surface area contributed by atoms with E-state index < -0.39 is 5.97 Å². The Labute approximate surface area is 129 Å². The lowest BCUT2D eigenvalue weighted by atomic mass is 10.1. The van der Waals surface area contributed by atoms with Crippen LogP contribution < -0.4 is 0 Å². The first kappa shape index (κ1) is 13.5. The van der Waals surface area contributed by atoms with E-state index in [1.807, 2.05) is 30.3 Å².